The van der Waals surface area contributed by atoms with Gasteiger partial charge in [0.2, 0.25) is 0 Å². The second kappa shape index (κ2) is 4.27. The lowest BCUT2D eigenvalue weighted by Crippen LogP contribution is -2.09. The van der Waals surface area contributed by atoms with E-state index in [4.69, 9.17) is 4.42 Å². The maximum atomic E-state index is 10.4. The van der Waals surface area contributed by atoms with Crippen LogP contribution < -0.4 is 0 Å². The highest BCUT2D eigenvalue weighted by atomic mass is 79.9. The smallest absolute Gasteiger partial charge is 0.147 e. The van der Waals surface area contributed by atoms with Crippen molar-refractivity contribution in [1.82, 2.24) is 4.98 Å². The van der Waals surface area contributed by atoms with Crippen molar-refractivity contribution in [3.63, 3.8) is 0 Å². The highest BCUT2D eigenvalue weighted by Gasteiger charge is 2.33. The number of furan rings is 1. The van der Waals surface area contributed by atoms with Crippen LogP contribution in [0.5, 0.6) is 0 Å². The molecule has 0 aromatic carbocycles. The normalized spacial score (nSPS) is 20.2. The average molecular weight is 294 g/mol. The lowest BCUT2D eigenvalue weighted by molar-refractivity contribution is 0.117. The van der Waals surface area contributed by atoms with Gasteiger partial charge in [-0.3, -0.25) is 4.98 Å². The number of hydrogen-bond donors (Lipinski definition) is 1. The van der Waals surface area contributed by atoms with Crippen molar-refractivity contribution in [2.45, 2.75) is 24.9 Å². The molecule has 1 aliphatic carbocycles. The first-order chi connectivity index (χ1) is 8.27. The Bertz CT molecular complexity index is 538. The van der Waals surface area contributed by atoms with Crippen molar-refractivity contribution in [2.24, 2.45) is 0 Å². The molecule has 2 heterocycles. The van der Waals surface area contributed by atoms with E-state index in [1.807, 2.05) is 6.07 Å². The molecule has 0 aliphatic heterocycles. The van der Waals surface area contributed by atoms with Crippen LogP contribution >= 0.6 is 15.9 Å². The van der Waals surface area contributed by atoms with Gasteiger partial charge in [0.25, 0.3) is 0 Å². The Morgan fingerprint density at radius 1 is 1.47 bits per heavy atom. The Hall–Kier alpha value is -1.13. The van der Waals surface area contributed by atoms with Gasteiger partial charge in [-0.05, 0) is 46.5 Å². The summed E-state index contributed by atoms with van der Waals surface area (Å²) < 4.78 is 6.14. The zero-order valence-corrected chi connectivity index (χ0v) is 10.7. The average Bonchev–Trinajstić information content (AvgIpc) is 2.94. The van der Waals surface area contributed by atoms with Gasteiger partial charge in [-0.2, -0.15) is 0 Å². The largest absolute Gasteiger partial charge is 0.465 e. The van der Waals surface area contributed by atoms with Gasteiger partial charge >= 0.3 is 0 Å². The van der Waals surface area contributed by atoms with Gasteiger partial charge in [0, 0.05) is 17.8 Å². The summed E-state index contributed by atoms with van der Waals surface area (Å²) in [7, 11) is 0. The number of rotatable bonds is 2. The maximum absolute atomic E-state index is 10.4. The van der Waals surface area contributed by atoms with Crippen LogP contribution in [0.15, 0.2) is 39.5 Å². The molecule has 0 bridgehead atoms. The van der Waals surface area contributed by atoms with Crippen molar-refractivity contribution < 1.29 is 9.52 Å². The standard InChI is InChI=1S/C13H12BrNO2/c14-10-5-7-17-13(10)12(16)9-4-3-8-2-1-6-15-11(8)9/h1-2,5-7,9,12,16H,3-4H2. The number of halogens is 1. The van der Waals surface area contributed by atoms with Gasteiger partial charge < -0.3 is 9.52 Å². The van der Waals surface area contributed by atoms with Crippen molar-refractivity contribution in [3.05, 3.63) is 52.1 Å². The SMILES string of the molecule is OC(c1occc1Br)C1CCc2cccnc21. The van der Waals surface area contributed by atoms with Crippen molar-refractivity contribution in [3.8, 4) is 0 Å². The van der Waals surface area contributed by atoms with Crippen molar-refractivity contribution in [1.29, 1.82) is 0 Å². The molecule has 4 heteroatoms. The molecule has 0 saturated heterocycles. The zero-order chi connectivity index (χ0) is 11.8. The Labute approximate surface area is 108 Å². The highest BCUT2D eigenvalue weighted by molar-refractivity contribution is 9.10. The molecule has 3 nitrogen and oxygen atoms in total. The molecule has 88 valence electrons. The summed E-state index contributed by atoms with van der Waals surface area (Å²) in [5.74, 6) is 0.627. The first kappa shape index (κ1) is 11.0. The molecule has 2 aromatic rings. The Morgan fingerprint density at radius 2 is 2.35 bits per heavy atom. The molecule has 17 heavy (non-hydrogen) atoms. The first-order valence-corrected chi connectivity index (χ1v) is 6.41. The molecule has 0 amide bonds. The molecule has 2 unspecified atom stereocenters. The molecule has 2 atom stereocenters. The fourth-order valence-corrected chi connectivity index (χ4v) is 2.89. The minimum absolute atomic E-state index is 0.0358. The predicted octanol–water partition coefficient (Wildman–Crippen LogP) is 3.20. The molecule has 0 radical (unpaired) electrons. The van der Waals surface area contributed by atoms with E-state index in [0.717, 1.165) is 23.0 Å². The van der Waals surface area contributed by atoms with Gasteiger partial charge in [0.1, 0.15) is 11.9 Å². The van der Waals surface area contributed by atoms with E-state index in [2.05, 4.69) is 27.0 Å². The molecule has 1 aliphatic rings. The first-order valence-electron chi connectivity index (χ1n) is 5.62. The second-order valence-corrected chi connectivity index (χ2v) is 5.12. The third-order valence-electron chi connectivity index (χ3n) is 3.30. The van der Waals surface area contributed by atoms with Gasteiger partial charge in [0.15, 0.2) is 0 Å². The number of fused-ring (bicyclic) bond motifs is 1. The zero-order valence-electron chi connectivity index (χ0n) is 9.14. The summed E-state index contributed by atoms with van der Waals surface area (Å²) in [4.78, 5) is 4.38. The highest BCUT2D eigenvalue weighted by Crippen LogP contribution is 2.42. The lowest BCUT2D eigenvalue weighted by atomic mass is 9.98. The van der Waals surface area contributed by atoms with E-state index in [-0.39, 0.29) is 5.92 Å². The minimum Gasteiger partial charge on any atom is -0.465 e. The van der Waals surface area contributed by atoms with Crippen LogP contribution in [0.4, 0.5) is 0 Å². The van der Waals surface area contributed by atoms with Crippen LogP contribution in [0.25, 0.3) is 0 Å². The van der Waals surface area contributed by atoms with E-state index in [9.17, 15) is 5.11 Å². The topological polar surface area (TPSA) is 46.3 Å². The molecule has 0 fully saturated rings. The van der Waals surface area contributed by atoms with Gasteiger partial charge in [-0.15, -0.1) is 0 Å². The van der Waals surface area contributed by atoms with Crippen LogP contribution in [0.1, 0.15) is 35.5 Å². The molecule has 0 spiro atoms. The third-order valence-corrected chi connectivity index (χ3v) is 3.95. The molecule has 1 N–H and O–H groups in total. The van der Waals surface area contributed by atoms with Gasteiger partial charge in [-0.25, -0.2) is 0 Å². The predicted molar refractivity (Wildman–Crippen MR) is 66.7 cm³/mol. The number of pyridine rings is 1. The Kier molecular flexibility index (Phi) is 2.76. The second-order valence-electron chi connectivity index (χ2n) is 4.27. The van der Waals surface area contributed by atoms with E-state index in [1.54, 1.807) is 18.5 Å². The van der Waals surface area contributed by atoms with Crippen LogP contribution in [0, 0.1) is 0 Å². The lowest BCUT2D eigenvalue weighted by Gasteiger charge is -2.16. The minimum atomic E-state index is -0.629. The summed E-state index contributed by atoms with van der Waals surface area (Å²) in [5, 5.41) is 10.4. The molecular formula is C13H12BrNO2. The number of aliphatic hydroxyl groups excluding tert-OH is 1. The summed E-state index contributed by atoms with van der Waals surface area (Å²) in [6.45, 7) is 0. The summed E-state index contributed by atoms with van der Waals surface area (Å²) in [5.41, 5.74) is 2.24. The van der Waals surface area contributed by atoms with Crippen LogP contribution in [-0.2, 0) is 6.42 Å². The van der Waals surface area contributed by atoms with E-state index in [0.29, 0.717) is 5.76 Å². The molecule has 0 saturated carbocycles. The van der Waals surface area contributed by atoms with E-state index in [1.165, 1.54) is 5.56 Å². The Balaban J connectivity index is 1.95. The van der Waals surface area contributed by atoms with Crippen LogP contribution in [0.2, 0.25) is 0 Å². The monoisotopic (exact) mass is 293 g/mol. The third kappa shape index (κ3) is 1.81. The molecular weight excluding hydrogens is 282 g/mol. The number of aryl methyl sites for hydroxylation is 1. The van der Waals surface area contributed by atoms with Crippen molar-refractivity contribution in [2.75, 3.05) is 0 Å². The fourth-order valence-electron chi connectivity index (χ4n) is 2.45. The summed E-state index contributed by atoms with van der Waals surface area (Å²) in [6, 6.07) is 5.81. The quantitative estimate of drug-likeness (QED) is 0.925. The van der Waals surface area contributed by atoms with Gasteiger partial charge in [0.05, 0.1) is 10.7 Å². The van der Waals surface area contributed by atoms with E-state index < -0.39 is 6.10 Å². The number of aliphatic hydroxyl groups is 1. The summed E-state index contributed by atoms with van der Waals surface area (Å²) in [6.07, 6.45) is 4.62. The fraction of sp³-hybridized carbons (Fsp3) is 0.308. The number of hydrogen-bond acceptors (Lipinski definition) is 3. The van der Waals surface area contributed by atoms with Crippen LogP contribution in [-0.4, -0.2) is 10.1 Å². The molecule has 2 aromatic heterocycles. The molecule has 3 rings (SSSR count). The number of aromatic nitrogens is 1. The van der Waals surface area contributed by atoms with Gasteiger partial charge in [-0.1, -0.05) is 6.07 Å². The maximum Gasteiger partial charge on any atom is 0.147 e. The van der Waals surface area contributed by atoms with E-state index >= 15 is 0 Å². The van der Waals surface area contributed by atoms with Crippen molar-refractivity contribution >= 4 is 15.9 Å². The number of nitrogens with zero attached hydrogens (tertiary/aromatic N) is 1. The Morgan fingerprint density at radius 3 is 3.12 bits per heavy atom. The van der Waals surface area contributed by atoms with Crippen LogP contribution in [0.3, 0.4) is 0 Å². The summed E-state index contributed by atoms with van der Waals surface area (Å²) >= 11 is 3.38.